The summed E-state index contributed by atoms with van der Waals surface area (Å²) < 4.78 is 17.3. The van der Waals surface area contributed by atoms with Crippen LogP contribution >= 0.6 is 0 Å². The fourth-order valence-electron chi connectivity index (χ4n) is 4.17. The summed E-state index contributed by atoms with van der Waals surface area (Å²) in [5.41, 5.74) is 2.15. The average molecular weight is 503 g/mol. The van der Waals surface area contributed by atoms with Gasteiger partial charge >= 0.3 is 6.09 Å². The molecule has 1 amide bonds. The van der Waals surface area contributed by atoms with Crippen LogP contribution < -0.4 is 20.2 Å². The standard InChI is InChI=1S/C30H34N2O5/c1-3-5-16-31-30(34)36-24-11-8-10-22(19-24)21-32(4-2)17-9-18-35-23-14-15-26-28(20-23)37-27-13-7-6-12-25(27)29(26)33/h6-8,10-15,19-20H,3-5,9,16-18,21H2,1-2H3,(H,31,34). The Morgan fingerprint density at radius 2 is 1.76 bits per heavy atom. The van der Waals surface area contributed by atoms with E-state index in [9.17, 15) is 9.59 Å². The molecule has 1 heterocycles. The molecular weight excluding hydrogens is 468 g/mol. The Labute approximate surface area is 217 Å². The number of benzene rings is 3. The first-order valence-electron chi connectivity index (χ1n) is 12.9. The molecule has 0 saturated heterocycles. The van der Waals surface area contributed by atoms with Crippen molar-refractivity contribution in [3.8, 4) is 11.5 Å². The molecule has 0 aliphatic rings. The Bertz CT molecular complexity index is 1400. The van der Waals surface area contributed by atoms with Crippen molar-refractivity contribution in [2.24, 2.45) is 0 Å². The minimum atomic E-state index is -0.420. The van der Waals surface area contributed by atoms with Crippen molar-refractivity contribution >= 4 is 28.0 Å². The molecule has 0 spiro atoms. The molecule has 7 nitrogen and oxygen atoms in total. The number of carbonyl (C=O) groups excluding carboxylic acids is 1. The van der Waals surface area contributed by atoms with Gasteiger partial charge in [0.1, 0.15) is 22.7 Å². The molecule has 0 saturated carbocycles. The van der Waals surface area contributed by atoms with E-state index in [4.69, 9.17) is 13.9 Å². The number of nitrogens with one attached hydrogen (secondary N) is 1. The van der Waals surface area contributed by atoms with Crippen molar-refractivity contribution in [1.29, 1.82) is 0 Å². The van der Waals surface area contributed by atoms with Gasteiger partial charge in [0, 0.05) is 25.7 Å². The maximum absolute atomic E-state index is 12.7. The molecule has 0 atom stereocenters. The summed E-state index contributed by atoms with van der Waals surface area (Å²) >= 11 is 0. The van der Waals surface area contributed by atoms with Crippen LogP contribution in [-0.2, 0) is 6.54 Å². The maximum Gasteiger partial charge on any atom is 0.412 e. The number of carbonyl (C=O) groups is 1. The Kier molecular flexibility index (Phi) is 9.16. The highest BCUT2D eigenvalue weighted by Gasteiger charge is 2.10. The molecular formula is C30H34N2O5. The Hall–Kier alpha value is -3.84. The molecule has 1 N–H and O–H groups in total. The van der Waals surface area contributed by atoms with Gasteiger partial charge in [-0.05, 0) is 61.3 Å². The lowest BCUT2D eigenvalue weighted by Gasteiger charge is -2.21. The second-order valence-corrected chi connectivity index (χ2v) is 8.97. The van der Waals surface area contributed by atoms with E-state index in [-0.39, 0.29) is 5.43 Å². The second-order valence-electron chi connectivity index (χ2n) is 8.97. The number of hydrogen-bond donors (Lipinski definition) is 1. The van der Waals surface area contributed by atoms with Crippen LogP contribution in [0.3, 0.4) is 0 Å². The van der Waals surface area contributed by atoms with E-state index in [0.717, 1.165) is 44.5 Å². The summed E-state index contributed by atoms with van der Waals surface area (Å²) in [6.45, 7) is 7.85. The van der Waals surface area contributed by atoms with Crippen LogP contribution in [0.2, 0.25) is 0 Å². The third-order valence-corrected chi connectivity index (χ3v) is 6.20. The quantitative estimate of drug-likeness (QED) is 0.186. The van der Waals surface area contributed by atoms with E-state index in [1.807, 2.05) is 36.4 Å². The van der Waals surface area contributed by atoms with Gasteiger partial charge in [-0.3, -0.25) is 9.69 Å². The smallest absolute Gasteiger partial charge is 0.412 e. The SMILES string of the molecule is CCCCNC(=O)Oc1cccc(CN(CC)CCCOc2ccc3c(=O)c4ccccc4oc3c2)c1. The van der Waals surface area contributed by atoms with Crippen molar-refractivity contribution < 1.29 is 18.7 Å². The first-order chi connectivity index (χ1) is 18.1. The van der Waals surface area contributed by atoms with E-state index in [2.05, 4.69) is 24.1 Å². The Morgan fingerprint density at radius 3 is 2.59 bits per heavy atom. The topological polar surface area (TPSA) is 81.0 Å². The van der Waals surface area contributed by atoms with Crippen LogP contribution in [0.15, 0.2) is 75.9 Å². The van der Waals surface area contributed by atoms with Crippen molar-refractivity contribution in [2.75, 3.05) is 26.2 Å². The third-order valence-electron chi connectivity index (χ3n) is 6.20. The minimum absolute atomic E-state index is 0.0337. The summed E-state index contributed by atoms with van der Waals surface area (Å²) in [6, 6.07) is 20.3. The normalized spacial score (nSPS) is 11.2. The molecule has 7 heteroatoms. The molecule has 3 aromatic carbocycles. The fraction of sp³-hybridized carbons (Fsp3) is 0.333. The summed E-state index contributed by atoms with van der Waals surface area (Å²) in [5.74, 6) is 1.22. The van der Waals surface area contributed by atoms with Gasteiger partial charge in [0.05, 0.1) is 17.4 Å². The van der Waals surface area contributed by atoms with E-state index < -0.39 is 6.09 Å². The first kappa shape index (κ1) is 26.2. The van der Waals surface area contributed by atoms with Crippen molar-refractivity contribution in [3.63, 3.8) is 0 Å². The number of hydrogen-bond acceptors (Lipinski definition) is 6. The number of rotatable bonds is 12. The highest BCUT2D eigenvalue weighted by molar-refractivity contribution is 5.90. The molecule has 0 fully saturated rings. The number of nitrogens with zero attached hydrogens (tertiary/aromatic N) is 1. The summed E-state index contributed by atoms with van der Waals surface area (Å²) in [6.07, 6.45) is 2.37. The molecule has 194 valence electrons. The van der Waals surface area contributed by atoms with Gasteiger partial charge in [-0.1, -0.05) is 44.5 Å². The number of ether oxygens (including phenoxy) is 2. The van der Waals surface area contributed by atoms with Crippen molar-refractivity contribution in [3.05, 3.63) is 82.5 Å². The van der Waals surface area contributed by atoms with E-state index in [0.29, 0.717) is 46.6 Å². The van der Waals surface area contributed by atoms with Crippen LogP contribution in [0, 0.1) is 0 Å². The van der Waals surface area contributed by atoms with Gasteiger partial charge in [-0.15, -0.1) is 0 Å². The van der Waals surface area contributed by atoms with Gasteiger partial charge in [0.2, 0.25) is 5.43 Å². The number of para-hydroxylation sites is 1. The molecule has 1 aromatic heterocycles. The lowest BCUT2D eigenvalue weighted by atomic mass is 10.1. The summed E-state index contributed by atoms with van der Waals surface area (Å²) in [4.78, 5) is 27.0. The lowest BCUT2D eigenvalue weighted by Crippen LogP contribution is -2.28. The molecule has 0 unspecified atom stereocenters. The largest absolute Gasteiger partial charge is 0.493 e. The lowest BCUT2D eigenvalue weighted by molar-refractivity contribution is 0.200. The predicted octanol–water partition coefficient (Wildman–Crippen LogP) is 6.13. The number of unbranched alkanes of at least 4 members (excludes halogenated alkanes) is 1. The highest BCUT2D eigenvalue weighted by atomic mass is 16.6. The first-order valence-corrected chi connectivity index (χ1v) is 12.9. The van der Waals surface area contributed by atoms with Crippen LogP contribution in [0.1, 0.15) is 38.7 Å². The van der Waals surface area contributed by atoms with Crippen molar-refractivity contribution in [1.82, 2.24) is 10.2 Å². The summed E-state index contributed by atoms with van der Waals surface area (Å²) in [5, 5.41) is 3.89. The minimum Gasteiger partial charge on any atom is -0.493 e. The summed E-state index contributed by atoms with van der Waals surface area (Å²) in [7, 11) is 0. The molecule has 0 aliphatic heterocycles. The van der Waals surface area contributed by atoms with Gasteiger partial charge in [0.15, 0.2) is 0 Å². The van der Waals surface area contributed by atoms with Gasteiger partial charge < -0.3 is 19.2 Å². The van der Waals surface area contributed by atoms with Crippen LogP contribution in [0.25, 0.3) is 21.9 Å². The molecule has 0 aliphatic carbocycles. The maximum atomic E-state index is 12.7. The Balaban J connectivity index is 1.28. The van der Waals surface area contributed by atoms with E-state index in [1.54, 1.807) is 30.3 Å². The zero-order chi connectivity index (χ0) is 26.0. The average Bonchev–Trinajstić information content (AvgIpc) is 2.91. The predicted molar refractivity (Wildman–Crippen MR) is 146 cm³/mol. The monoisotopic (exact) mass is 502 g/mol. The molecule has 4 rings (SSSR count). The zero-order valence-corrected chi connectivity index (χ0v) is 21.5. The van der Waals surface area contributed by atoms with E-state index >= 15 is 0 Å². The fourth-order valence-corrected chi connectivity index (χ4v) is 4.17. The molecule has 0 radical (unpaired) electrons. The number of fused-ring (bicyclic) bond motifs is 2. The third kappa shape index (κ3) is 7.11. The van der Waals surface area contributed by atoms with Crippen LogP contribution in [0.4, 0.5) is 4.79 Å². The van der Waals surface area contributed by atoms with Crippen LogP contribution in [0.5, 0.6) is 11.5 Å². The Morgan fingerprint density at radius 1 is 0.919 bits per heavy atom. The number of amides is 1. The van der Waals surface area contributed by atoms with Gasteiger partial charge in [0.25, 0.3) is 0 Å². The van der Waals surface area contributed by atoms with Crippen LogP contribution in [-0.4, -0.2) is 37.2 Å². The molecule has 37 heavy (non-hydrogen) atoms. The molecule has 0 bridgehead atoms. The van der Waals surface area contributed by atoms with Gasteiger partial charge in [-0.25, -0.2) is 4.79 Å². The zero-order valence-electron chi connectivity index (χ0n) is 21.5. The highest BCUT2D eigenvalue weighted by Crippen LogP contribution is 2.23. The molecule has 4 aromatic rings. The van der Waals surface area contributed by atoms with Gasteiger partial charge in [-0.2, -0.15) is 0 Å². The van der Waals surface area contributed by atoms with Crippen molar-refractivity contribution in [2.45, 2.75) is 39.7 Å². The second kappa shape index (κ2) is 12.9. The van der Waals surface area contributed by atoms with E-state index in [1.165, 1.54) is 0 Å².